The number of benzene rings is 4. The van der Waals surface area contributed by atoms with Crippen molar-refractivity contribution in [3.63, 3.8) is 0 Å². The Labute approximate surface area is 357 Å². The van der Waals surface area contributed by atoms with Gasteiger partial charge in [-0.1, -0.05) is 133 Å². The van der Waals surface area contributed by atoms with Crippen LogP contribution in [0.5, 0.6) is 34.5 Å². The number of hydrogen-bond acceptors (Lipinski definition) is 9. The van der Waals surface area contributed by atoms with Crippen LogP contribution in [0.1, 0.15) is 115 Å². The Morgan fingerprint density at radius 1 is 0.564 bits per heavy atom. The Hall–Kier alpha value is -2.84. The zero-order valence-electron chi connectivity index (χ0n) is 32.1. The number of phenols is 1. The number of phenolic OH excluding ortho intramolecular Hbond substituents is 1. The van der Waals surface area contributed by atoms with E-state index in [2.05, 4.69) is 13.8 Å². The van der Waals surface area contributed by atoms with Gasteiger partial charge in [0, 0.05) is 6.07 Å². The van der Waals surface area contributed by atoms with Gasteiger partial charge in [-0.2, -0.15) is 8.42 Å². The molecule has 0 unspecified atom stereocenters. The topological polar surface area (TPSA) is 173 Å². The Morgan fingerprint density at radius 3 is 1.40 bits per heavy atom. The van der Waals surface area contributed by atoms with Gasteiger partial charge < -0.3 is 24.2 Å². The summed E-state index contributed by atoms with van der Waals surface area (Å²) in [5.41, 5.74) is 0.805. The third-order valence-corrected chi connectivity index (χ3v) is 10.7. The summed E-state index contributed by atoms with van der Waals surface area (Å²) in [6.07, 6.45) is 16.2. The van der Waals surface area contributed by atoms with Crippen molar-refractivity contribution >= 4 is 58.0 Å². The van der Waals surface area contributed by atoms with Gasteiger partial charge in [0.25, 0.3) is 10.1 Å². The van der Waals surface area contributed by atoms with E-state index in [1.807, 2.05) is 12.1 Å². The SMILES string of the molecule is CCCCCCCCCc1cc(Oc2ccccc2)c(O)cc1S(=O)(=O)O.CCCCCCCCCc1cc(Oc2ccccc2)c([O-])cc1S(=O)(=O)[O-].[Ca+2]. The number of aryl methyl sites for hydroxylation is 2. The van der Waals surface area contributed by atoms with Crippen molar-refractivity contribution in [3.05, 3.63) is 96.1 Å². The summed E-state index contributed by atoms with van der Waals surface area (Å²) < 4.78 is 78.8. The van der Waals surface area contributed by atoms with Crippen LogP contribution in [-0.4, -0.2) is 68.8 Å². The van der Waals surface area contributed by atoms with Crippen molar-refractivity contribution < 1.29 is 45.6 Å². The molecule has 10 nitrogen and oxygen atoms in total. The number of aromatic hydroxyl groups is 1. The minimum absolute atomic E-state index is 0. The van der Waals surface area contributed by atoms with E-state index < -0.39 is 30.9 Å². The van der Waals surface area contributed by atoms with Crippen LogP contribution in [0.25, 0.3) is 0 Å². The average Bonchev–Trinajstić information content (AvgIpc) is 3.13. The molecule has 4 aromatic carbocycles. The van der Waals surface area contributed by atoms with Crippen molar-refractivity contribution in [1.82, 2.24) is 0 Å². The molecular weight excluding hydrogens is 769 g/mol. The van der Waals surface area contributed by atoms with Crippen LogP contribution in [0, 0.1) is 0 Å². The van der Waals surface area contributed by atoms with Gasteiger partial charge in [0.05, 0.1) is 4.90 Å². The van der Waals surface area contributed by atoms with Gasteiger partial charge in [0.1, 0.15) is 32.3 Å². The molecule has 2 N–H and O–H groups in total. The monoisotopic (exact) mass is 822 g/mol. The second kappa shape index (κ2) is 25.4. The first-order valence-corrected chi connectivity index (χ1v) is 21.8. The number of hydrogen-bond donors (Lipinski definition) is 2. The second-order valence-electron chi connectivity index (χ2n) is 13.3. The fraction of sp³-hybridized carbons (Fsp3) is 0.429. The molecule has 0 aliphatic heterocycles. The first-order valence-electron chi connectivity index (χ1n) is 18.9. The summed E-state index contributed by atoms with van der Waals surface area (Å²) in [5, 5.41) is 22.3. The maximum Gasteiger partial charge on any atom is 2.00 e. The van der Waals surface area contributed by atoms with Gasteiger partial charge in [0.15, 0.2) is 11.5 Å². The molecule has 4 aromatic rings. The van der Waals surface area contributed by atoms with Crippen molar-refractivity contribution in [1.29, 1.82) is 0 Å². The molecule has 0 atom stereocenters. The molecule has 296 valence electrons. The largest absolute Gasteiger partial charge is 2.00 e. The predicted octanol–water partition coefficient (Wildman–Crippen LogP) is 10.1. The second-order valence-corrected chi connectivity index (χ2v) is 16.1. The summed E-state index contributed by atoms with van der Waals surface area (Å²) in [4.78, 5) is -0.690. The molecule has 0 aliphatic carbocycles. The molecule has 0 saturated heterocycles. The van der Waals surface area contributed by atoms with E-state index in [4.69, 9.17) is 9.47 Å². The van der Waals surface area contributed by atoms with Crippen LogP contribution in [0.3, 0.4) is 0 Å². The van der Waals surface area contributed by atoms with E-state index in [9.17, 15) is 36.2 Å². The zero-order valence-corrected chi connectivity index (χ0v) is 35.9. The molecule has 13 heteroatoms. The summed E-state index contributed by atoms with van der Waals surface area (Å²) in [7, 11) is -9.12. The summed E-state index contributed by atoms with van der Waals surface area (Å²) in [5.74, 6) is 0.285. The predicted molar refractivity (Wildman–Crippen MR) is 214 cm³/mol. The molecule has 4 rings (SSSR count). The molecule has 0 heterocycles. The maximum absolute atomic E-state index is 12.2. The van der Waals surface area contributed by atoms with Crippen LogP contribution >= 0.6 is 0 Å². The standard InChI is InChI=1S/2C21H28O5S.Ca/c2*1-2-3-4-5-6-7-9-12-17-15-20(26-18-13-10-8-11-14-18)19(22)16-21(17)27(23,24)25;/h2*8,10-11,13-16,22H,2-7,9,12H2,1H3,(H,23,24,25);/q;;+2/p-2. The quantitative estimate of drug-likeness (QED) is 0.0441. The van der Waals surface area contributed by atoms with E-state index in [0.29, 0.717) is 35.5 Å². The van der Waals surface area contributed by atoms with Crippen LogP contribution in [0.2, 0.25) is 0 Å². The number of rotatable bonds is 22. The normalized spacial score (nSPS) is 11.3. The van der Waals surface area contributed by atoms with Crippen molar-refractivity contribution in [2.75, 3.05) is 0 Å². The fourth-order valence-electron chi connectivity index (χ4n) is 5.98. The fourth-order valence-corrected chi connectivity index (χ4v) is 7.46. The van der Waals surface area contributed by atoms with Crippen molar-refractivity contribution in [2.45, 2.75) is 126 Å². The van der Waals surface area contributed by atoms with E-state index in [0.717, 1.165) is 57.1 Å². The third kappa shape index (κ3) is 17.9. The van der Waals surface area contributed by atoms with Gasteiger partial charge in [-0.05, 0) is 79.3 Å². The maximum atomic E-state index is 12.2. The van der Waals surface area contributed by atoms with Crippen LogP contribution in [0.4, 0.5) is 0 Å². The summed E-state index contributed by atoms with van der Waals surface area (Å²) in [6, 6.07) is 22.6. The van der Waals surface area contributed by atoms with Crippen LogP contribution in [-0.2, 0) is 33.1 Å². The van der Waals surface area contributed by atoms with E-state index in [1.165, 1.54) is 57.1 Å². The Morgan fingerprint density at radius 2 is 0.964 bits per heavy atom. The van der Waals surface area contributed by atoms with E-state index in [1.54, 1.807) is 48.5 Å². The van der Waals surface area contributed by atoms with E-state index >= 15 is 0 Å². The van der Waals surface area contributed by atoms with Crippen molar-refractivity contribution in [3.8, 4) is 34.5 Å². The van der Waals surface area contributed by atoms with Crippen LogP contribution < -0.4 is 14.6 Å². The molecule has 0 spiro atoms. The van der Waals surface area contributed by atoms with Crippen LogP contribution in [0.15, 0.2) is 94.7 Å². The molecule has 0 fully saturated rings. The Kier molecular flexibility index (Phi) is 22.3. The van der Waals surface area contributed by atoms with E-state index in [-0.39, 0.29) is 59.9 Å². The number of ether oxygens (including phenoxy) is 2. The van der Waals surface area contributed by atoms with Gasteiger partial charge in [-0.15, -0.1) is 0 Å². The molecule has 0 amide bonds. The van der Waals surface area contributed by atoms with Gasteiger partial charge in [0.2, 0.25) is 0 Å². The molecule has 55 heavy (non-hydrogen) atoms. The molecule has 0 aromatic heterocycles. The van der Waals surface area contributed by atoms with Gasteiger partial charge >= 0.3 is 37.7 Å². The zero-order chi connectivity index (χ0) is 39.4. The van der Waals surface area contributed by atoms with Gasteiger partial charge in [-0.25, -0.2) is 8.42 Å². The molecule has 0 saturated carbocycles. The molecule has 0 radical (unpaired) electrons. The summed E-state index contributed by atoms with van der Waals surface area (Å²) in [6.45, 7) is 4.34. The molecule has 0 bridgehead atoms. The Balaban J connectivity index is 0.000000373. The first-order chi connectivity index (χ1) is 25.8. The molecular formula is C42H54CaO10S2. The average molecular weight is 823 g/mol. The minimum atomic E-state index is -4.71. The smallest absolute Gasteiger partial charge is 0.870 e. The molecule has 0 aliphatic rings. The first kappa shape index (κ1) is 48.3. The number of para-hydroxylation sites is 2. The Bertz CT molecular complexity index is 1780. The van der Waals surface area contributed by atoms with Crippen molar-refractivity contribution in [2.24, 2.45) is 0 Å². The minimum Gasteiger partial charge on any atom is -0.870 e. The third-order valence-electron chi connectivity index (χ3n) is 8.86. The summed E-state index contributed by atoms with van der Waals surface area (Å²) >= 11 is 0. The van der Waals surface area contributed by atoms with Gasteiger partial charge in [-0.3, -0.25) is 4.55 Å². The number of unbranched alkanes of at least 4 members (excludes halogenated alkanes) is 12.